The van der Waals surface area contributed by atoms with Crippen LogP contribution in [-0.2, 0) is 6.18 Å². The molecule has 0 radical (unpaired) electrons. The monoisotopic (exact) mass is 366 g/mol. The highest BCUT2D eigenvalue weighted by molar-refractivity contribution is 6.15. The van der Waals surface area contributed by atoms with Gasteiger partial charge in [-0.25, -0.2) is 4.68 Å². The second kappa shape index (κ2) is 6.39. The molecule has 6 heteroatoms. The highest BCUT2D eigenvalue weighted by Gasteiger charge is 2.30. The van der Waals surface area contributed by atoms with Crippen LogP contribution in [0.15, 0.2) is 78.9 Å². The normalized spacial score (nSPS) is 11.7. The van der Waals surface area contributed by atoms with Crippen molar-refractivity contribution >= 4 is 16.7 Å². The number of hydrogen-bond donors (Lipinski definition) is 0. The molecule has 4 rings (SSSR count). The highest BCUT2D eigenvalue weighted by atomic mass is 19.4. The average molecular weight is 366 g/mol. The van der Waals surface area contributed by atoms with Gasteiger partial charge in [-0.05, 0) is 30.3 Å². The van der Waals surface area contributed by atoms with Crippen molar-refractivity contribution in [3.63, 3.8) is 0 Å². The standard InChI is InChI=1S/C21H13F3N2O/c22-21(23,24)15-12-10-14(11-13-15)20(27)19-17-8-4-5-9-18(17)26(25-19)16-6-2-1-3-7-16/h1-13H. The summed E-state index contributed by atoms with van der Waals surface area (Å²) >= 11 is 0. The van der Waals surface area contributed by atoms with Crippen LogP contribution in [0, 0.1) is 0 Å². The van der Waals surface area contributed by atoms with Gasteiger partial charge < -0.3 is 0 Å². The van der Waals surface area contributed by atoms with E-state index in [1.165, 1.54) is 12.1 Å². The lowest BCUT2D eigenvalue weighted by Gasteiger charge is -2.06. The van der Waals surface area contributed by atoms with Crippen molar-refractivity contribution in [2.45, 2.75) is 6.18 Å². The lowest BCUT2D eigenvalue weighted by Crippen LogP contribution is -2.07. The number of nitrogens with zero attached hydrogens (tertiary/aromatic N) is 2. The van der Waals surface area contributed by atoms with Crippen molar-refractivity contribution in [1.29, 1.82) is 0 Å². The minimum absolute atomic E-state index is 0.159. The van der Waals surface area contributed by atoms with Gasteiger partial charge in [-0.3, -0.25) is 4.79 Å². The zero-order chi connectivity index (χ0) is 19.0. The Hall–Kier alpha value is -3.41. The molecule has 0 saturated heterocycles. The van der Waals surface area contributed by atoms with E-state index >= 15 is 0 Å². The summed E-state index contributed by atoms with van der Waals surface area (Å²) in [6, 6.07) is 20.8. The van der Waals surface area contributed by atoms with E-state index in [-0.39, 0.29) is 11.3 Å². The average Bonchev–Trinajstić information content (AvgIpc) is 3.07. The second-order valence-corrected chi connectivity index (χ2v) is 6.02. The summed E-state index contributed by atoms with van der Waals surface area (Å²) in [5, 5.41) is 5.10. The SMILES string of the molecule is O=C(c1ccc(C(F)(F)F)cc1)c1nn(-c2ccccc2)c2ccccc12. The maximum atomic E-state index is 12.9. The van der Waals surface area contributed by atoms with Crippen molar-refractivity contribution < 1.29 is 18.0 Å². The summed E-state index contributed by atoms with van der Waals surface area (Å²) in [5.74, 6) is -0.422. The minimum atomic E-state index is -4.44. The third-order valence-electron chi connectivity index (χ3n) is 4.28. The van der Waals surface area contributed by atoms with Crippen molar-refractivity contribution in [2.24, 2.45) is 0 Å². The summed E-state index contributed by atoms with van der Waals surface area (Å²) in [4.78, 5) is 12.9. The number of rotatable bonds is 3. The van der Waals surface area contributed by atoms with Crippen LogP contribution in [-0.4, -0.2) is 15.6 Å². The van der Waals surface area contributed by atoms with Crippen LogP contribution < -0.4 is 0 Å². The second-order valence-electron chi connectivity index (χ2n) is 6.02. The Bertz CT molecular complexity index is 1110. The molecule has 3 aromatic carbocycles. The molecule has 0 spiro atoms. The number of aromatic nitrogens is 2. The Kier molecular flexibility index (Phi) is 4.03. The number of benzene rings is 3. The molecule has 134 valence electrons. The number of carbonyl (C=O) groups is 1. The van der Waals surface area contributed by atoms with Crippen molar-refractivity contribution in [3.05, 3.63) is 95.7 Å². The van der Waals surface area contributed by atoms with Crippen LogP contribution in [0.1, 0.15) is 21.6 Å². The first kappa shape index (κ1) is 17.0. The molecule has 27 heavy (non-hydrogen) atoms. The van der Waals surface area contributed by atoms with Gasteiger partial charge in [-0.2, -0.15) is 18.3 Å². The quantitative estimate of drug-likeness (QED) is 0.463. The Labute approximate surface area is 152 Å². The molecule has 0 saturated carbocycles. The molecule has 0 atom stereocenters. The molecule has 0 aliphatic carbocycles. The smallest absolute Gasteiger partial charge is 0.287 e. The van der Waals surface area contributed by atoms with E-state index in [0.717, 1.165) is 23.3 Å². The van der Waals surface area contributed by atoms with Crippen molar-refractivity contribution in [2.75, 3.05) is 0 Å². The van der Waals surface area contributed by atoms with Gasteiger partial charge >= 0.3 is 6.18 Å². The van der Waals surface area contributed by atoms with Crippen LogP contribution in [0.4, 0.5) is 13.2 Å². The Morgan fingerprint density at radius 3 is 2.11 bits per heavy atom. The molecule has 1 aromatic heterocycles. The maximum absolute atomic E-state index is 12.9. The molecule has 0 unspecified atom stereocenters. The molecular weight excluding hydrogens is 353 g/mol. The number of halogens is 3. The fourth-order valence-electron chi connectivity index (χ4n) is 2.95. The van der Waals surface area contributed by atoms with E-state index < -0.39 is 17.5 Å². The zero-order valence-corrected chi connectivity index (χ0v) is 13.9. The van der Waals surface area contributed by atoms with Crippen molar-refractivity contribution in [3.8, 4) is 5.69 Å². The third-order valence-corrected chi connectivity index (χ3v) is 4.28. The van der Waals surface area contributed by atoms with Crippen molar-refractivity contribution in [1.82, 2.24) is 9.78 Å². The molecule has 4 aromatic rings. The van der Waals surface area contributed by atoms with Gasteiger partial charge in [0, 0.05) is 10.9 Å². The van der Waals surface area contributed by atoms with Crippen LogP contribution >= 0.6 is 0 Å². The van der Waals surface area contributed by atoms with Crippen LogP contribution in [0.25, 0.3) is 16.6 Å². The first-order valence-corrected chi connectivity index (χ1v) is 8.20. The van der Waals surface area contributed by atoms with Gasteiger partial charge in [0.15, 0.2) is 0 Å². The van der Waals surface area contributed by atoms with E-state index in [1.54, 1.807) is 16.8 Å². The number of hydrogen-bond acceptors (Lipinski definition) is 2. The molecule has 0 bridgehead atoms. The molecule has 0 N–H and O–H groups in total. The molecule has 3 nitrogen and oxygen atoms in total. The first-order chi connectivity index (χ1) is 12.9. The summed E-state index contributed by atoms with van der Waals surface area (Å²) in [7, 11) is 0. The fraction of sp³-hybridized carbons (Fsp3) is 0.0476. The van der Waals surface area contributed by atoms with Gasteiger partial charge in [0.25, 0.3) is 0 Å². The van der Waals surface area contributed by atoms with E-state index in [4.69, 9.17) is 0 Å². The largest absolute Gasteiger partial charge is 0.416 e. The van der Waals surface area contributed by atoms with Crippen LogP contribution in [0.3, 0.4) is 0 Å². The number of ketones is 1. The third kappa shape index (κ3) is 3.10. The Morgan fingerprint density at radius 2 is 1.44 bits per heavy atom. The molecule has 0 fully saturated rings. The Balaban J connectivity index is 1.81. The molecule has 0 aliphatic rings. The molecule has 0 amide bonds. The minimum Gasteiger partial charge on any atom is -0.287 e. The lowest BCUT2D eigenvalue weighted by molar-refractivity contribution is -0.137. The topological polar surface area (TPSA) is 34.9 Å². The van der Waals surface area contributed by atoms with Gasteiger partial charge in [0.05, 0.1) is 16.8 Å². The summed E-state index contributed by atoms with van der Waals surface area (Å²) < 4.78 is 39.9. The molecule has 1 heterocycles. The van der Waals surface area contributed by atoms with E-state index in [1.807, 2.05) is 42.5 Å². The summed E-state index contributed by atoms with van der Waals surface area (Å²) in [6.07, 6.45) is -4.44. The van der Waals surface area contributed by atoms with Gasteiger partial charge in [-0.1, -0.05) is 48.5 Å². The highest BCUT2D eigenvalue weighted by Crippen LogP contribution is 2.30. The van der Waals surface area contributed by atoms with Crippen LogP contribution in [0.5, 0.6) is 0 Å². The van der Waals surface area contributed by atoms with Gasteiger partial charge in [0.2, 0.25) is 5.78 Å². The zero-order valence-electron chi connectivity index (χ0n) is 13.9. The predicted molar refractivity (Wildman–Crippen MR) is 95.9 cm³/mol. The lowest BCUT2D eigenvalue weighted by atomic mass is 10.0. The van der Waals surface area contributed by atoms with E-state index in [2.05, 4.69) is 5.10 Å². The van der Waals surface area contributed by atoms with E-state index in [9.17, 15) is 18.0 Å². The maximum Gasteiger partial charge on any atom is 0.416 e. The predicted octanol–water partition coefficient (Wildman–Crippen LogP) is 5.28. The number of carbonyl (C=O) groups excluding carboxylic acids is 1. The number of para-hydroxylation sites is 2. The fourth-order valence-corrected chi connectivity index (χ4v) is 2.95. The summed E-state index contributed by atoms with van der Waals surface area (Å²) in [6.45, 7) is 0. The molecule has 0 aliphatic heterocycles. The van der Waals surface area contributed by atoms with Gasteiger partial charge in [0.1, 0.15) is 5.69 Å². The first-order valence-electron chi connectivity index (χ1n) is 8.20. The number of alkyl halides is 3. The Morgan fingerprint density at radius 1 is 0.815 bits per heavy atom. The number of fused-ring (bicyclic) bond motifs is 1. The van der Waals surface area contributed by atoms with E-state index in [0.29, 0.717) is 5.39 Å². The molecular formula is C21H13F3N2O. The van der Waals surface area contributed by atoms with Crippen LogP contribution in [0.2, 0.25) is 0 Å². The van der Waals surface area contributed by atoms with Gasteiger partial charge in [-0.15, -0.1) is 0 Å². The summed E-state index contributed by atoms with van der Waals surface area (Å²) in [5.41, 5.74) is 1.11.